The number of rotatable bonds is 3. The van der Waals surface area contributed by atoms with Gasteiger partial charge in [-0.05, 0) is 72.3 Å². The fourth-order valence-electron chi connectivity index (χ4n) is 4.17. The maximum Gasteiger partial charge on any atom is 0.286 e. The minimum atomic E-state index is -0.339. The van der Waals surface area contributed by atoms with Crippen LogP contribution in [0.3, 0.4) is 0 Å². The van der Waals surface area contributed by atoms with Crippen molar-refractivity contribution in [1.29, 1.82) is 0 Å². The van der Waals surface area contributed by atoms with Crippen molar-refractivity contribution >= 4 is 34.6 Å². The van der Waals surface area contributed by atoms with Gasteiger partial charge in [-0.1, -0.05) is 39.0 Å². The average molecular weight is 489 g/mol. The smallest absolute Gasteiger partial charge is 0.286 e. The lowest BCUT2D eigenvalue weighted by molar-refractivity contribution is -0.113. The summed E-state index contributed by atoms with van der Waals surface area (Å²) >= 11 is 1.31. The van der Waals surface area contributed by atoms with Crippen molar-refractivity contribution in [2.45, 2.75) is 45.4 Å². The van der Waals surface area contributed by atoms with Gasteiger partial charge in [-0.25, -0.2) is 0 Å². The summed E-state index contributed by atoms with van der Waals surface area (Å²) in [5.74, 6) is 0.395. The maximum absolute atomic E-state index is 13.4. The number of hydrogen-bond donors (Lipinski definition) is 0. The molecule has 1 saturated heterocycles. The van der Waals surface area contributed by atoms with Gasteiger partial charge in [0.2, 0.25) is 5.88 Å². The van der Waals surface area contributed by atoms with Crippen molar-refractivity contribution in [2.75, 3.05) is 13.1 Å². The predicted octanol–water partition coefficient (Wildman–Crippen LogP) is 5.24. The molecule has 0 spiro atoms. The molecule has 180 valence electrons. The van der Waals surface area contributed by atoms with Gasteiger partial charge < -0.3 is 9.64 Å². The Kier molecular flexibility index (Phi) is 6.23. The first-order chi connectivity index (χ1) is 16.8. The summed E-state index contributed by atoms with van der Waals surface area (Å²) in [4.78, 5) is 37.6. The van der Waals surface area contributed by atoms with E-state index >= 15 is 0 Å². The van der Waals surface area contributed by atoms with Gasteiger partial charge in [0.05, 0.1) is 4.91 Å². The largest absolute Gasteiger partial charge is 0.438 e. The first kappa shape index (κ1) is 23.4. The van der Waals surface area contributed by atoms with Crippen LogP contribution in [0.5, 0.6) is 11.6 Å². The lowest BCUT2D eigenvalue weighted by Crippen LogP contribution is -2.33. The Hall–Kier alpha value is -3.39. The van der Waals surface area contributed by atoms with Crippen molar-refractivity contribution in [3.8, 4) is 11.6 Å². The monoisotopic (exact) mass is 488 g/mol. The fourth-order valence-corrected chi connectivity index (χ4v) is 5.11. The van der Waals surface area contributed by atoms with Crippen LogP contribution in [0.4, 0.5) is 0 Å². The normalized spacial score (nSPS) is 17.8. The van der Waals surface area contributed by atoms with Gasteiger partial charge in [0.25, 0.3) is 11.5 Å². The number of aromatic nitrogens is 2. The van der Waals surface area contributed by atoms with Crippen molar-refractivity contribution < 1.29 is 9.53 Å². The number of thioether (sulfide) groups is 1. The number of likely N-dealkylation sites (tertiary alicyclic amines) is 1. The quantitative estimate of drug-likeness (QED) is 0.469. The Bertz CT molecular complexity index is 1390. The molecule has 4 heterocycles. The Morgan fingerprint density at radius 3 is 2.46 bits per heavy atom. The van der Waals surface area contributed by atoms with E-state index in [0.717, 1.165) is 25.9 Å². The highest BCUT2D eigenvalue weighted by Gasteiger charge is 2.28. The zero-order chi connectivity index (χ0) is 24.6. The molecule has 0 radical (unpaired) electrons. The molecule has 3 aromatic rings. The van der Waals surface area contributed by atoms with Crippen molar-refractivity contribution in [1.82, 2.24) is 14.3 Å². The van der Waals surface area contributed by atoms with Crippen LogP contribution >= 0.6 is 11.8 Å². The van der Waals surface area contributed by atoms with Crippen LogP contribution in [-0.2, 0) is 10.2 Å². The summed E-state index contributed by atoms with van der Waals surface area (Å²) in [7, 11) is 0. The number of ether oxygens (including phenoxy) is 1. The summed E-state index contributed by atoms with van der Waals surface area (Å²) in [6, 6.07) is 13.1. The summed E-state index contributed by atoms with van der Waals surface area (Å²) in [5.41, 5.74) is 1.58. The number of nitrogens with zero attached hydrogens (tertiary/aromatic N) is 4. The number of fused-ring (bicyclic) bond motifs is 1. The molecule has 35 heavy (non-hydrogen) atoms. The van der Waals surface area contributed by atoms with Crippen molar-refractivity contribution in [3.63, 3.8) is 0 Å². The number of hydrogen-bond acceptors (Lipinski definition) is 6. The topological polar surface area (TPSA) is 76.3 Å². The number of aliphatic imine (C=N–C) groups is 1. The van der Waals surface area contributed by atoms with Crippen LogP contribution in [0.15, 0.2) is 63.4 Å². The second-order valence-electron chi connectivity index (χ2n) is 9.80. The van der Waals surface area contributed by atoms with E-state index in [-0.39, 0.29) is 28.3 Å². The van der Waals surface area contributed by atoms with Crippen LogP contribution in [0.25, 0.3) is 11.7 Å². The lowest BCUT2D eigenvalue weighted by atomic mass is 9.87. The zero-order valence-electron chi connectivity index (χ0n) is 20.2. The third kappa shape index (κ3) is 4.89. The van der Waals surface area contributed by atoms with E-state index in [0.29, 0.717) is 21.5 Å². The number of piperidine rings is 1. The maximum atomic E-state index is 13.4. The summed E-state index contributed by atoms with van der Waals surface area (Å²) in [6.45, 7) is 8.23. The van der Waals surface area contributed by atoms with Crippen LogP contribution in [0.2, 0.25) is 0 Å². The van der Waals surface area contributed by atoms with E-state index in [1.54, 1.807) is 24.4 Å². The minimum absolute atomic E-state index is 0.0141. The molecule has 0 saturated carbocycles. The van der Waals surface area contributed by atoms with E-state index in [1.807, 2.05) is 30.3 Å². The molecule has 0 N–H and O–H groups in total. The molecule has 1 aromatic carbocycles. The standard InChI is InChI=1S/C27H28N4O3S/c1-27(2,3)18-10-12-19(13-11-18)34-24-20(25(33)31-16-8-5-9-22(31)28-24)17-21-23(32)29-26(35-21)30-14-6-4-7-15-30/h5,8-13,16-17H,4,6-7,14-15H2,1-3H3/b21-17-. The van der Waals surface area contributed by atoms with Crippen molar-refractivity contribution in [2.24, 2.45) is 4.99 Å². The van der Waals surface area contributed by atoms with Gasteiger partial charge in [0.1, 0.15) is 17.0 Å². The number of amides is 1. The molecular formula is C27H28N4O3S. The van der Waals surface area contributed by atoms with E-state index in [9.17, 15) is 9.59 Å². The molecule has 1 fully saturated rings. The molecule has 8 heteroatoms. The second kappa shape index (κ2) is 9.34. The van der Waals surface area contributed by atoms with Gasteiger partial charge in [-0.3, -0.25) is 14.0 Å². The molecule has 5 rings (SSSR count). The molecular weight excluding hydrogens is 460 g/mol. The molecule has 1 amide bonds. The molecule has 2 aliphatic heterocycles. The van der Waals surface area contributed by atoms with Gasteiger partial charge >= 0.3 is 0 Å². The van der Waals surface area contributed by atoms with Crippen molar-refractivity contribution in [3.05, 3.63) is 75.0 Å². The Labute approximate surface area is 208 Å². The Morgan fingerprint density at radius 1 is 1.00 bits per heavy atom. The first-order valence-corrected chi connectivity index (χ1v) is 12.7. The number of benzene rings is 1. The summed E-state index contributed by atoms with van der Waals surface area (Å²) in [5, 5.41) is 0.704. The lowest BCUT2D eigenvalue weighted by Gasteiger charge is -2.27. The number of pyridine rings is 1. The molecule has 2 aromatic heterocycles. The minimum Gasteiger partial charge on any atom is -0.438 e. The van der Waals surface area contributed by atoms with Gasteiger partial charge in [-0.15, -0.1) is 0 Å². The van der Waals surface area contributed by atoms with Crippen LogP contribution in [0.1, 0.15) is 51.2 Å². The van der Waals surface area contributed by atoms with E-state index in [4.69, 9.17) is 4.74 Å². The van der Waals surface area contributed by atoms with E-state index < -0.39 is 0 Å². The predicted molar refractivity (Wildman–Crippen MR) is 140 cm³/mol. The number of carbonyl (C=O) groups excluding carboxylic acids is 1. The molecule has 0 bridgehead atoms. The summed E-state index contributed by atoms with van der Waals surface area (Å²) in [6.07, 6.45) is 6.61. The van der Waals surface area contributed by atoms with Gasteiger partial charge in [0.15, 0.2) is 5.17 Å². The summed E-state index contributed by atoms with van der Waals surface area (Å²) < 4.78 is 7.57. The molecule has 0 aliphatic carbocycles. The fraction of sp³-hybridized carbons (Fsp3) is 0.333. The van der Waals surface area contributed by atoms with Crippen LogP contribution < -0.4 is 10.3 Å². The highest BCUT2D eigenvalue weighted by Crippen LogP contribution is 2.33. The van der Waals surface area contributed by atoms with Crippen LogP contribution in [-0.4, -0.2) is 38.4 Å². The number of carbonyl (C=O) groups is 1. The molecule has 7 nitrogen and oxygen atoms in total. The average Bonchev–Trinajstić information content (AvgIpc) is 3.22. The van der Waals surface area contributed by atoms with Crippen LogP contribution in [0, 0.1) is 0 Å². The van der Waals surface area contributed by atoms with Gasteiger partial charge in [0, 0.05) is 19.3 Å². The highest BCUT2D eigenvalue weighted by atomic mass is 32.2. The van der Waals surface area contributed by atoms with Gasteiger partial charge in [-0.2, -0.15) is 9.98 Å². The zero-order valence-corrected chi connectivity index (χ0v) is 21.0. The first-order valence-electron chi connectivity index (χ1n) is 11.9. The van der Waals surface area contributed by atoms with E-state index in [1.165, 1.54) is 28.1 Å². The Morgan fingerprint density at radius 2 is 1.74 bits per heavy atom. The molecule has 0 unspecified atom stereocenters. The Balaban J connectivity index is 1.52. The second-order valence-corrected chi connectivity index (χ2v) is 10.8. The molecule has 2 aliphatic rings. The molecule has 0 atom stereocenters. The third-order valence-corrected chi connectivity index (χ3v) is 7.22. The number of amidine groups is 1. The highest BCUT2D eigenvalue weighted by molar-refractivity contribution is 8.18. The SMILES string of the molecule is CC(C)(C)c1ccc(Oc2nc3ccccn3c(=O)c2/C=C2\SC(N3CCCCC3)=NC2=O)cc1. The van der Waals surface area contributed by atoms with E-state index in [2.05, 4.69) is 35.6 Å². The third-order valence-electron chi connectivity index (χ3n) is 6.18.